The molecule has 0 saturated carbocycles. The van der Waals surface area contributed by atoms with Crippen LogP contribution in [0.5, 0.6) is 0 Å². The van der Waals surface area contributed by atoms with Gasteiger partial charge in [-0.25, -0.2) is 9.97 Å². The maximum absolute atomic E-state index is 12.1. The molecule has 2 rings (SSSR count). The van der Waals surface area contributed by atoms with Gasteiger partial charge in [0.25, 0.3) is 0 Å². The van der Waals surface area contributed by atoms with E-state index in [9.17, 15) is 4.79 Å². The first-order valence-electron chi connectivity index (χ1n) is 6.92. The van der Waals surface area contributed by atoms with Crippen molar-refractivity contribution in [1.82, 2.24) is 9.97 Å². The topological polar surface area (TPSA) is 78.7 Å². The van der Waals surface area contributed by atoms with Gasteiger partial charge in [-0.15, -0.1) is 11.8 Å². The predicted octanol–water partition coefficient (Wildman–Crippen LogP) is 3.44. The maximum atomic E-state index is 12.1. The number of nitriles is 1. The van der Waals surface area contributed by atoms with Gasteiger partial charge < -0.3 is 5.32 Å². The Kier molecular flexibility index (Phi) is 6.44. The highest BCUT2D eigenvalue weighted by Gasteiger charge is 2.09. The van der Waals surface area contributed by atoms with Gasteiger partial charge in [-0.2, -0.15) is 5.26 Å². The summed E-state index contributed by atoms with van der Waals surface area (Å²) in [5.74, 6) is 1.22. The van der Waals surface area contributed by atoms with Crippen molar-refractivity contribution in [2.75, 3.05) is 16.8 Å². The highest BCUT2D eigenvalue weighted by Crippen LogP contribution is 2.27. The number of hydrogen-bond acceptors (Lipinski definition) is 6. The molecule has 118 valence electrons. The molecule has 0 aliphatic heterocycles. The lowest BCUT2D eigenvalue weighted by atomic mass is 10.3. The minimum absolute atomic E-state index is 0.103. The molecule has 5 nitrogen and oxygen atoms in total. The van der Waals surface area contributed by atoms with Crippen LogP contribution in [0.2, 0.25) is 0 Å². The second kappa shape index (κ2) is 8.56. The van der Waals surface area contributed by atoms with E-state index >= 15 is 0 Å². The smallest absolute Gasteiger partial charge is 0.234 e. The van der Waals surface area contributed by atoms with Gasteiger partial charge in [-0.05, 0) is 32.0 Å². The summed E-state index contributed by atoms with van der Waals surface area (Å²) in [6.45, 7) is 3.74. The average molecular weight is 344 g/mol. The fraction of sp³-hybridized carbons (Fsp3) is 0.250. The molecule has 1 N–H and O–H groups in total. The fourth-order valence-electron chi connectivity index (χ4n) is 1.89. The van der Waals surface area contributed by atoms with E-state index in [0.29, 0.717) is 11.6 Å². The van der Waals surface area contributed by atoms with Crippen LogP contribution in [0.3, 0.4) is 0 Å². The van der Waals surface area contributed by atoms with E-state index in [1.165, 1.54) is 23.5 Å². The summed E-state index contributed by atoms with van der Waals surface area (Å²) in [4.78, 5) is 21.5. The van der Waals surface area contributed by atoms with Crippen LogP contribution in [0.4, 0.5) is 5.69 Å². The van der Waals surface area contributed by atoms with E-state index in [4.69, 9.17) is 5.26 Å². The molecule has 0 spiro atoms. The molecule has 1 aromatic carbocycles. The van der Waals surface area contributed by atoms with E-state index in [1.807, 2.05) is 44.2 Å². The number of amides is 1. The quantitative estimate of drug-likeness (QED) is 0.639. The summed E-state index contributed by atoms with van der Waals surface area (Å²) in [6, 6.07) is 11.4. The highest BCUT2D eigenvalue weighted by atomic mass is 32.2. The van der Waals surface area contributed by atoms with Crippen molar-refractivity contribution in [2.45, 2.75) is 23.8 Å². The third kappa shape index (κ3) is 5.58. The molecule has 1 heterocycles. The number of hydrogen-bond donors (Lipinski definition) is 1. The van der Waals surface area contributed by atoms with E-state index in [1.54, 1.807) is 0 Å². The Morgan fingerprint density at radius 3 is 2.78 bits per heavy atom. The SMILES string of the molecule is Cc1cc(SCC(=O)Nc2ccccc2SCC#N)nc(C)n1. The number of anilines is 1. The van der Waals surface area contributed by atoms with E-state index in [0.717, 1.165) is 21.3 Å². The normalized spacial score (nSPS) is 10.1. The lowest BCUT2D eigenvalue weighted by molar-refractivity contribution is -0.113. The van der Waals surface area contributed by atoms with Crippen LogP contribution in [-0.2, 0) is 4.79 Å². The van der Waals surface area contributed by atoms with Gasteiger partial charge in [-0.3, -0.25) is 4.79 Å². The third-order valence-electron chi connectivity index (χ3n) is 2.75. The number of thioether (sulfide) groups is 2. The van der Waals surface area contributed by atoms with Crippen LogP contribution in [-0.4, -0.2) is 27.4 Å². The average Bonchev–Trinajstić information content (AvgIpc) is 2.51. The molecule has 0 radical (unpaired) electrons. The Bertz CT molecular complexity index is 723. The van der Waals surface area contributed by atoms with E-state index in [-0.39, 0.29) is 11.7 Å². The predicted molar refractivity (Wildman–Crippen MR) is 93.6 cm³/mol. The molecule has 0 atom stereocenters. The van der Waals surface area contributed by atoms with Crippen molar-refractivity contribution in [3.63, 3.8) is 0 Å². The molecule has 2 aromatic rings. The first kappa shape index (κ1) is 17.3. The number of nitrogens with zero attached hydrogens (tertiary/aromatic N) is 3. The largest absolute Gasteiger partial charge is 0.324 e. The highest BCUT2D eigenvalue weighted by molar-refractivity contribution is 8.00. The Morgan fingerprint density at radius 1 is 1.26 bits per heavy atom. The minimum Gasteiger partial charge on any atom is -0.324 e. The number of rotatable bonds is 6. The zero-order valence-electron chi connectivity index (χ0n) is 12.9. The molecule has 0 bridgehead atoms. The third-order valence-corrected chi connectivity index (χ3v) is 4.60. The van der Waals surface area contributed by atoms with Gasteiger partial charge in [0.2, 0.25) is 5.91 Å². The molecule has 7 heteroatoms. The molecule has 0 aliphatic rings. The number of nitrogens with one attached hydrogen (secondary N) is 1. The lowest BCUT2D eigenvalue weighted by Gasteiger charge is -2.09. The van der Waals surface area contributed by atoms with E-state index < -0.39 is 0 Å². The van der Waals surface area contributed by atoms with Gasteiger partial charge in [0.05, 0.1) is 23.3 Å². The summed E-state index contributed by atoms with van der Waals surface area (Å²) >= 11 is 2.78. The van der Waals surface area contributed by atoms with Gasteiger partial charge in [0.1, 0.15) is 10.9 Å². The Balaban J connectivity index is 1.96. The van der Waals surface area contributed by atoms with Crippen LogP contribution >= 0.6 is 23.5 Å². The lowest BCUT2D eigenvalue weighted by Crippen LogP contribution is -2.14. The zero-order valence-corrected chi connectivity index (χ0v) is 14.5. The summed E-state index contributed by atoms with van der Waals surface area (Å²) in [7, 11) is 0. The van der Waals surface area contributed by atoms with Gasteiger partial charge in [-0.1, -0.05) is 23.9 Å². The van der Waals surface area contributed by atoms with Crippen molar-refractivity contribution in [2.24, 2.45) is 0 Å². The molecular formula is C16H16N4OS2. The molecule has 0 fully saturated rings. The monoisotopic (exact) mass is 344 g/mol. The zero-order chi connectivity index (χ0) is 16.7. The second-order valence-corrected chi connectivity index (χ2v) is 6.69. The van der Waals surface area contributed by atoms with Crippen molar-refractivity contribution in [3.05, 3.63) is 41.9 Å². The Hall–Kier alpha value is -2.04. The van der Waals surface area contributed by atoms with Gasteiger partial charge in [0, 0.05) is 10.6 Å². The molecule has 0 aliphatic carbocycles. The number of aryl methyl sites for hydroxylation is 2. The van der Waals surface area contributed by atoms with Crippen molar-refractivity contribution in [3.8, 4) is 6.07 Å². The number of aromatic nitrogens is 2. The molecule has 0 unspecified atom stereocenters. The molecule has 0 saturated heterocycles. The summed E-state index contributed by atoms with van der Waals surface area (Å²) in [5, 5.41) is 12.4. The Labute approximate surface area is 143 Å². The number of carbonyl (C=O) groups excluding carboxylic acids is 1. The summed E-state index contributed by atoms with van der Waals surface area (Å²) in [5.41, 5.74) is 1.62. The number of carbonyl (C=O) groups is 1. The fourth-order valence-corrected chi connectivity index (χ4v) is 3.36. The summed E-state index contributed by atoms with van der Waals surface area (Å²) < 4.78 is 0. The minimum atomic E-state index is -0.103. The van der Waals surface area contributed by atoms with Gasteiger partial charge in [0.15, 0.2) is 0 Å². The molecule has 23 heavy (non-hydrogen) atoms. The first-order valence-corrected chi connectivity index (χ1v) is 8.89. The van der Waals surface area contributed by atoms with Crippen LogP contribution < -0.4 is 5.32 Å². The van der Waals surface area contributed by atoms with Crippen molar-refractivity contribution < 1.29 is 4.79 Å². The van der Waals surface area contributed by atoms with Crippen LogP contribution in [0, 0.1) is 25.2 Å². The standard InChI is InChI=1S/C16H16N4OS2/c1-11-9-16(19-12(2)18-11)23-10-15(21)20-13-5-3-4-6-14(13)22-8-7-17/h3-6,9H,8,10H2,1-2H3,(H,20,21). The van der Waals surface area contributed by atoms with Crippen molar-refractivity contribution in [1.29, 1.82) is 5.26 Å². The molecule has 1 aromatic heterocycles. The first-order chi connectivity index (χ1) is 11.1. The van der Waals surface area contributed by atoms with Crippen LogP contribution in [0.1, 0.15) is 11.5 Å². The van der Waals surface area contributed by atoms with E-state index in [2.05, 4.69) is 21.4 Å². The van der Waals surface area contributed by atoms with Crippen molar-refractivity contribution >= 4 is 35.1 Å². The number of benzene rings is 1. The van der Waals surface area contributed by atoms with Crippen LogP contribution in [0.25, 0.3) is 0 Å². The molecule has 1 amide bonds. The second-order valence-electron chi connectivity index (χ2n) is 4.67. The van der Waals surface area contributed by atoms with Gasteiger partial charge >= 0.3 is 0 Å². The van der Waals surface area contributed by atoms with Crippen LogP contribution in [0.15, 0.2) is 40.3 Å². The Morgan fingerprint density at radius 2 is 2.04 bits per heavy atom. The summed E-state index contributed by atoms with van der Waals surface area (Å²) in [6.07, 6.45) is 0. The maximum Gasteiger partial charge on any atom is 0.234 e. The molecular weight excluding hydrogens is 328 g/mol. The number of para-hydroxylation sites is 1.